The lowest BCUT2D eigenvalue weighted by atomic mass is 10.1. The van der Waals surface area contributed by atoms with Crippen LogP contribution in [0, 0.1) is 10.1 Å². The summed E-state index contributed by atoms with van der Waals surface area (Å²) in [6.45, 7) is 1.91. The average Bonchev–Trinajstić information content (AvgIpc) is 3.36. The van der Waals surface area contributed by atoms with E-state index in [0.29, 0.717) is 11.5 Å². The lowest BCUT2D eigenvalue weighted by molar-refractivity contribution is -0.385. The molecule has 0 fully saturated rings. The molecule has 1 aliphatic rings. The molecule has 1 atom stereocenters. The van der Waals surface area contributed by atoms with Gasteiger partial charge in [-0.1, -0.05) is 12.1 Å². The van der Waals surface area contributed by atoms with Crippen LogP contribution in [0.2, 0.25) is 0 Å². The fourth-order valence-corrected chi connectivity index (χ4v) is 4.01. The molecule has 148 valence electrons. The van der Waals surface area contributed by atoms with Gasteiger partial charge in [-0.25, -0.2) is 4.98 Å². The second-order valence-electron chi connectivity index (χ2n) is 6.50. The Bertz CT molecular complexity index is 1110. The van der Waals surface area contributed by atoms with Crippen LogP contribution in [-0.2, 0) is 4.79 Å². The van der Waals surface area contributed by atoms with Crippen molar-refractivity contribution in [2.24, 2.45) is 0 Å². The van der Waals surface area contributed by atoms with E-state index >= 15 is 0 Å². The van der Waals surface area contributed by atoms with Gasteiger partial charge in [0.1, 0.15) is 5.01 Å². The van der Waals surface area contributed by atoms with Gasteiger partial charge in [0.2, 0.25) is 12.7 Å². The molecule has 3 aromatic rings. The van der Waals surface area contributed by atoms with Crippen LogP contribution in [0.4, 0.5) is 5.69 Å². The van der Waals surface area contributed by atoms with Crippen molar-refractivity contribution < 1.29 is 19.2 Å². The summed E-state index contributed by atoms with van der Waals surface area (Å²) < 4.78 is 11.5. The fraction of sp³-hybridized carbons (Fsp3) is 0.200. The van der Waals surface area contributed by atoms with Crippen molar-refractivity contribution in [3.63, 3.8) is 0 Å². The minimum Gasteiger partial charge on any atom is -0.454 e. The standard InChI is InChI=1S/C20H17N3O5S/c1-12(20-21-14-5-3-4-6-18(14)29-20)22(2)19(24)8-7-13-9-16-17(28-11-27-16)10-15(13)23(25)26/h3-10,12H,11H2,1-2H3/b8-7+. The van der Waals surface area contributed by atoms with Crippen molar-refractivity contribution in [2.75, 3.05) is 13.8 Å². The fourth-order valence-electron chi connectivity index (χ4n) is 2.94. The van der Waals surface area contributed by atoms with E-state index < -0.39 is 4.92 Å². The van der Waals surface area contributed by atoms with E-state index in [9.17, 15) is 14.9 Å². The Balaban J connectivity index is 1.55. The number of ether oxygens (including phenoxy) is 2. The number of nitro benzene ring substituents is 1. The molecule has 0 saturated carbocycles. The largest absolute Gasteiger partial charge is 0.454 e. The molecule has 0 radical (unpaired) electrons. The van der Waals surface area contributed by atoms with Crippen LogP contribution in [0.15, 0.2) is 42.5 Å². The molecule has 29 heavy (non-hydrogen) atoms. The smallest absolute Gasteiger partial charge is 0.280 e. The molecular formula is C20H17N3O5S. The molecule has 9 heteroatoms. The van der Waals surface area contributed by atoms with Crippen molar-refractivity contribution in [3.8, 4) is 11.5 Å². The molecule has 2 heterocycles. The number of para-hydroxylation sites is 1. The lowest BCUT2D eigenvalue weighted by Gasteiger charge is -2.21. The molecule has 4 rings (SSSR count). The molecule has 0 bridgehead atoms. The molecular weight excluding hydrogens is 394 g/mol. The van der Waals surface area contributed by atoms with Crippen LogP contribution in [0.1, 0.15) is 23.5 Å². The van der Waals surface area contributed by atoms with Crippen LogP contribution in [-0.4, -0.2) is 34.6 Å². The molecule has 1 aromatic heterocycles. The number of nitrogens with zero attached hydrogens (tertiary/aromatic N) is 3. The zero-order valence-corrected chi connectivity index (χ0v) is 16.5. The van der Waals surface area contributed by atoms with Gasteiger partial charge in [-0.15, -0.1) is 11.3 Å². The Labute approximate surface area is 170 Å². The predicted molar refractivity (Wildman–Crippen MR) is 109 cm³/mol. The maximum Gasteiger partial charge on any atom is 0.280 e. The number of aromatic nitrogens is 1. The van der Waals surface area contributed by atoms with E-state index in [1.165, 1.54) is 35.6 Å². The van der Waals surface area contributed by atoms with Gasteiger partial charge in [0.05, 0.1) is 32.8 Å². The summed E-state index contributed by atoms with van der Waals surface area (Å²) in [5.41, 5.74) is 1.01. The molecule has 0 spiro atoms. The van der Waals surface area contributed by atoms with E-state index in [0.717, 1.165) is 15.2 Å². The van der Waals surface area contributed by atoms with Crippen LogP contribution >= 0.6 is 11.3 Å². The topological polar surface area (TPSA) is 94.8 Å². The number of likely N-dealkylation sites (N-methyl/N-ethyl adjacent to an activating group) is 1. The number of rotatable bonds is 5. The van der Waals surface area contributed by atoms with Crippen LogP contribution in [0.25, 0.3) is 16.3 Å². The number of carbonyl (C=O) groups is 1. The Morgan fingerprint density at radius 2 is 2.03 bits per heavy atom. The number of nitro groups is 1. The highest BCUT2D eigenvalue weighted by molar-refractivity contribution is 7.18. The first-order chi connectivity index (χ1) is 13.9. The Morgan fingerprint density at radius 1 is 1.31 bits per heavy atom. The quantitative estimate of drug-likeness (QED) is 0.355. The van der Waals surface area contributed by atoms with Crippen LogP contribution in [0.3, 0.4) is 0 Å². The first-order valence-electron chi connectivity index (χ1n) is 8.82. The van der Waals surface area contributed by atoms with Gasteiger partial charge in [-0.3, -0.25) is 14.9 Å². The normalized spacial score (nSPS) is 13.7. The van der Waals surface area contributed by atoms with E-state index in [-0.39, 0.29) is 30.0 Å². The van der Waals surface area contributed by atoms with Crippen LogP contribution in [0.5, 0.6) is 11.5 Å². The first-order valence-corrected chi connectivity index (χ1v) is 9.64. The summed E-state index contributed by atoms with van der Waals surface area (Å²) in [5, 5.41) is 12.2. The molecule has 0 aliphatic carbocycles. The molecule has 1 unspecified atom stereocenters. The predicted octanol–water partition coefficient (Wildman–Crippen LogP) is 4.17. The SMILES string of the molecule is CC(c1nc2ccccc2s1)N(C)C(=O)/C=C/c1cc2c(cc1[N+](=O)[O-])OCO2. The maximum atomic E-state index is 12.7. The summed E-state index contributed by atoms with van der Waals surface area (Å²) in [6, 6.07) is 10.4. The number of thiazole rings is 1. The monoisotopic (exact) mass is 411 g/mol. The number of hydrogen-bond donors (Lipinski definition) is 0. The van der Waals surface area contributed by atoms with E-state index in [2.05, 4.69) is 4.98 Å². The molecule has 8 nitrogen and oxygen atoms in total. The summed E-state index contributed by atoms with van der Waals surface area (Å²) in [4.78, 5) is 29.6. The minimum absolute atomic E-state index is 0.0149. The van der Waals surface area contributed by atoms with Gasteiger partial charge in [0.15, 0.2) is 11.5 Å². The highest BCUT2D eigenvalue weighted by Gasteiger charge is 2.23. The summed E-state index contributed by atoms with van der Waals surface area (Å²) in [6.07, 6.45) is 2.73. The van der Waals surface area contributed by atoms with Crippen molar-refractivity contribution in [3.05, 3.63) is 63.2 Å². The Hall–Kier alpha value is -3.46. The highest BCUT2D eigenvalue weighted by atomic mass is 32.1. The zero-order valence-electron chi connectivity index (χ0n) is 15.7. The number of benzene rings is 2. The average molecular weight is 411 g/mol. The lowest BCUT2D eigenvalue weighted by Crippen LogP contribution is -2.27. The first kappa shape index (κ1) is 18.9. The summed E-state index contributed by atoms with van der Waals surface area (Å²) >= 11 is 1.54. The van der Waals surface area contributed by atoms with Gasteiger partial charge in [-0.2, -0.15) is 0 Å². The third-order valence-corrected chi connectivity index (χ3v) is 5.93. The summed E-state index contributed by atoms with van der Waals surface area (Å²) in [7, 11) is 1.68. The molecule has 1 amide bonds. The summed E-state index contributed by atoms with van der Waals surface area (Å²) in [5.74, 6) is 0.448. The molecule has 1 aliphatic heterocycles. The number of amides is 1. The number of hydrogen-bond acceptors (Lipinski definition) is 7. The minimum atomic E-state index is -0.514. The number of carbonyl (C=O) groups excluding carboxylic acids is 1. The molecule has 0 N–H and O–H groups in total. The molecule has 0 saturated heterocycles. The molecule has 2 aromatic carbocycles. The second-order valence-corrected chi connectivity index (χ2v) is 7.56. The maximum absolute atomic E-state index is 12.7. The van der Waals surface area contributed by atoms with Gasteiger partial charge in [0, 0.05) is 13.1 Å². The van der Waals surface area contributed by atoms with Gasteiger partial charge < -0.3 is 14.4 Å². The Morgan fingerprint density at radius 3 is 2.76 bits per heavy atom. The van der Waals surface area contributed by atoms with Crippen molar-refractivity contribution in [1.82, 2.24) is 9.88 Å². The van der Waals surface area contributed by atoms with Gasteiger partial charge >= 0.3 is 0 Å². The third kappa shape index (κ3) is 3.64. The van der Waals surface area contributed by atoms with Crippen molar-refractivity contribution in [2.45, 2.75) is 13.0 Å². The van der Waals surface area contributed by atoms with E-state index in [4.69, 9.17) is 9.47 Å². The van der Waals surface area contributed by atoms with E-state index in [1.54, 1.807) is 11.9 Å². The van der Waals surface area contributed by atoms with Crippen molar-refractivity contribution >= 4 is 39.2 Å². The second kappa shape index (κ2) is 7.51. The third-order valence-electron chi connectivity index (χ3n) is 4.72. The number of fused-ring (bicyclic) bond motifs is 2. The van der Waals surface area contributed by atoms with Gasteiger partial charge in [0.25, 0.3) is 5.69 Å². The van der Waals surface area contributed by atoms with E-state index in [1.807, 2.05) is 31.2 Å². The van der Waals surface area contributed by atoms with Gasteiger partial charge in [-0.05, 0) is 31.2 Å². The van der Waals surface area contributed by atoms with Crippen LogP contribution < -0.4 is 9.47 Å². The zero-order chi connectivity index (χ0) is 20.5. The van der Waals surface area contributed by atoms with Crippen molar-refractivity contribution in [1.29, 1.82) is 0 Å². The highest BCUT2D eigenvalue weighted by Crippen LogP contribution is 2.38. The Kier molecular flexibility index (Phi) is 4.89.